The van der Waals surface area contributed by atoms with Gasteiger partial charge in [0.1, 0.15) is 0 Å². The van der Waals surface area contributed by atoms with Crippen LogP contribution in [0.5, 0.6) is 0 Å². The van der Waals surface area contributed by atoms with Crippen LogP contribution in [-0.2, 0) is 14.4 Å². The molecule has 0 aromatic carbocycles. The summed E-state index contributed by atoms with van der Waals surface area (Å²) in [6.07, 6.45) is 0.975. The summed E-state index contributed by atoms with van der Waals surface area (Å²) in [5.41, 5.74) is -6.46. The summed E-state index contributed by atoms with van der Waals surface area (Å²) in [6, 6.07) is 0. The van der Waals surface area contributed by atoms with E-state index in [1.165, 1.54) is 0 Å². The van der Waals surface area contributed by atoms with Crippen molar-refractivity contribution in [1.29, 1.82) is 0 Å². The minimum Gasteiger partial charge on any atom is -0.481 e. The van der Waals surface area contributed by atoms with Gasteiger partial charge < -0.3 is 20.4 Å². The van der Waals surface area contributed by atoms with Gasteiger partial charge in [0.05, 0.1) is 21.8 Å². The number of carboxylic acids is 3. The molecule has 4 bridgehead atoms. The second-order valence-corrected chi connectivity index (χ2v) is 8.84. The Morgan fingerprint density at radius 2 is 1.00 bits per heavy atom. The first-order valence-corrected chi connectivity index (χ1v) is 8.87. The summed E-state index contributed by atoms with van der Waals surface area (Å²) >= 11 is 0. The number of hydrogen-bond acceptors (Lipinski definition) is 4. The van der Waals surface area contributed by atoms with E-state index in [-0.39, 0.29) is 38.5 Å². The maximum absolute atomic E-state index is 12.2. The molecule has 0 amide bonds. The molecule has 4 fully saturated rings. The summed E-state index contributed by atoms with van der Waals surface area (Å²) < 4.78 is 0. The maximum Gasteiger partial charge on any atom is 0.309 e. The van der Waals surface area contributed by atoms with Crippen LogP contribution in [0.3, 0.4) is 0 Å². The van der Waals surface area contributed by atoms with Crippen LogP contribution in [0.15, 0.2) is 0 Å². The third-order valence-corrected chi connectivity index (χ3v) is 7.58. The van der Waals surface area contributed by atoms with Gasteiger partial charge in [-0.1, -0.05) is 13.8 Å². The minimum absolute atomic E-state index is 0.0506. The fourth-order valence-corrected chi connectivity index (χ4v) is 6.81. The monoisotopic (exact) mass is 354 g/mol. The van der Waals surface area contributed by atoms with Crippen LogP contribution in [0.25, 0.3) is 0 Å². The Bertz CT molecular complexity index is 566. The van der Waals surface area contributed by atoms with Gasteiger partial charge in [0.15, 0.2) is 0 Å². The topological polar surface area (TPSA) is 132 Å². The fourth-order valence-electron chi connectivity index (χ4n) is 6.81. The third kappa shape index (κ3) is 2.05. The molecule has 4 saturated carbocycles. The Kier molecular flexibility index (Phi) is 3.61. The lowest BCUT2D eigenvalue weighted by Gasteiger charge is -2.70. The molecule has 7 heteroatoms. The molecule has 0 aromatic rings. The minimum atomic E-state index is -1.40. The van der Waals surface area contributed by atoms with Crippen molar-refractivity contribution < 1.29 is 34.8 Å². The van der Waals surface area contributed by atoms with Crippen LogP contribution in [-0.4, -0.2) is 43.9 Å². The molecular formula is C18H26O7. The fraction of sp³-hybridized carbons (Fsp3) is 0.833. The molecule has 0 spiro atoms. The van der Waals surface area contributed by atoms with Gasteiger partial charge >= 0.3 is 17.9 Å². The highest BCUT2D eigenvalue weighted by Gasteiger charge is 2.77. The van der Waals surface area contributed by atoms with Crippen molar-refractivity contribution in [1.82, 2.24) is 0 Å². The predicted octanol–water partition coefficient (Wildman–Crippen LogP) is 2.12. The molecule has 0 aliphatic heterocycles. The molecule has 4 N–H and O–H groups in total. The first-order valence-electron chi connectivity index (χ1n) is 8.87. The largest absolute Gasteiger partial charge is 0.481 e. The van der Waals surface area contributed by atoms with Crippen LogP contribution in [0.4, 0.5) is 0 Å². The van der Waals surface area contributed by atoms with Gasteiger partial charge in [-0.2, -0.15) is 0 Å². The zero-order chi connectivity index (χ0) is 18.9. The van der Waals surface area contributed by atoms with Gasteiger partial charge in [-0.25, -0.2) is 0 Å². The molecule has 25 heavy (non-hydrogen) atoms. The maximum atomic E-state index is 12.2. The summed E-state index contributed by atoms with van der Waals surface area (Å²) in [4.78, 5) is 36.5. The lowest BCUT2D eigenvalue weighted by molar-refractivity contribution is -0.262. The summed E-state index contributed by atoms with van der Waals surface area (Å²) in [5.74, 6) is -3.41. The molecule has 4 rings (SSSR count). The van der Waals surface area contributed by atoms with Crippen molar-refractivity contribution in [2.45, 2.75) is 70.8 Å². The van der Waals surface area contributed by atoms with E-state index in [4.69, 9.17) is 0 Å². The Morgan fingerprint density at radius 3 is 1.20 bits per heavy atom. The molecule has 4 aliphatic rings. The van der Waals surface area contributed by atoms with Crippen LogP contribution in [0.2, 0.25) is 0 Å². The first kappa shape index (κ1) is 18.2. The Morgan fingerprint density at radius 1 is 0.720 bits per heavy atom. The molecule has 140 valence electrons. The van der Waals surface area contributed by atoms with Crippen LogP contribution >= 0.6 is 0 Å². The van der Waals surface area contributed by atoms with Gasteiger partial charge in [-0.15, -0.1) is 0 Å². The third-order valence-electron chi connectivity index (χ3n) is 7.58. The first-order chi connectivity index (χ1) is 11.4. The Labute approximate surface area is 146 Å². The average Bonchev–Trinajstić information content (AvgIpc) is 2.52. The van der Waals surface area contributed by atoms with E-state index < -0.39 is 45.2 Å². The van der Waals surface area contributed by atoms with Gasteiger partial charge in [0.25, 0.3) is 0 Å². The van der Waals surface area contributed by atoms with Gasteiger partial charge in [-0.05, 0) is 51.4 Å². The molecule has 7 nitrogen and oxygen atoms in total. The van der Waals surface area contributed by atoms with E-state index in [2.05, 4.69) is 0 Å². The van der Waals surface area contributed by atoms with E-state index in [0.717, 1.165) is 0 Å². The lowest BCUT2D eigenvalue weighted by atomic mass is 9.32. The van der Waals surface area contributed by atoms with E-state index in [1.54, 1.807) is 13.8 Å². The SMILES string of the molecule is CCC(O)(CC)C12CC3(C(=O)O)CC(C(=O)O)(CC(C(=O)O)(C3)C1)C2. The number of aliphatic hydroxyl groups is 1. The van der Waals surface area contributed by atoms with Crippen LogP contribution < -0.4 is 0 Å². The molecule has 0 radical (unpaired) electrons. The van der Waals surface area contributed by atoms with Crippen molar-refractivity contribution >= 4 is 17.9 Å². The van der Waals surface area contributed by atoms with Crippen molar-refractivity contribution in [2.75, 3.05) is 0 Å². The summed E-state index contributed by atoms with van der Waals surface area (Å²) in [7, 11) is 0. The number of carbonyl (C=O) groups is 3. The molecule has 0 saturated heterocycles. The van der Waals surface area contributed by atoms with Crippen molar-refractivity contribution in [2.24, 2.45) is 21.7 Å². The molecule has 4 aliphatic carbocycles. The smallest absolute Gasteiger partial charge is 0.309 e. The normalized spacial score (nSPS) is 42.4. The van der Waals surface area contributed by atoms with Crippen molar-refractivity contribution in [3.05, 3.63) is 0 Å². The predicted molar refractivity (Wildman–Crippen MR) is 85.9 cm³/mol. The molecule has 0 aromatic heterocycles. The second-order valence-electron chi connectivity index (χ2n) is 8.84. The van der Waals surface area contributed by atoms with E-state index >= 15 is 0 Å². The van der Waals surface area contributed by atoms with Gasteiger partial charge in [-0.3, -0.25) is 14.4 Å². The highest BCUT2D eigenvalue weighted by Crippen LogP contribution is 2.76. The van der Waals surface area contributed by atoms with Crippen molar-refractivity contribution in [3.63, 3.8) is 0 Å². The quantitative estimate of drug-likeness (QED) is 0.574. The molecule has 0 atom stereocenters. The zero-order valence-electron chi connectivity index (χ0n) is 14.7. The second kappa shape index (κ2) is 4.96. The Hall–Kier alpha value is -1.63. The van der Waals surface area contributed by atoms with Crippen molar-refractivity contribution in [3.8, 4) is 0 Å². The van der Waals surface area contributed by atoms with E-state index in [0.29, 0.717) is 12.8 Å². The van der Waals surface area contributed by atoms with Gasteiger partial charge in [0.2, 0.25) is 0 Å². The number of aliphatic carboxylic acids is 3. The number of rotatable bonds is 6. The standard InChI is InChI=1S/C18H26O7/c1-3-18(25,4-2)17-8-14(11(19)20)5-15(9-17,12(21)22)7-16(6-14,10-17)13(23)24/h25H,3-10H2,1-2H3,(H,19,20)(H,21,22)(H,23,24). The number of carboxylic acid groups (broad SMARTS) is 3. The summed E-state index contributed by atoms with van der Waals surface area (Å²) in [5, 5.41) is 41.1. The average molecular weight is 354 g/mol. The highest BCUT2D eigenvalue weighted by molar-refractivity contribution is 5.86. The summed E-state index contributed by atoms with van der Waals surface area (Å²) in [6.45, 7) is 3.58. The van der Waals surface area contributed by atoms with Crippen LogP contribution in [0.1, 0.15) is 65.2 Å². The molecule has 0 heterocycles. The molecular weight excluding hydrogens is 328 g/mol. The van der Waals surface area contributed by atoms with Crippen LogP contribution in [0, 0.1) is 21.7 Å². The van der Waals surface area contributed by atoms with Gasteiger partial charge in [0, 0.05) is 5.41 Å². The molecule has 0 unspecified atom stereocenters. The lowest BCUT2D eigenvalue weighted by Crippen LogP contribution is -2.71. The number of hydrogen-bond donors (Lipinski definition) is 4. The zero-order valence-corrected chi connectivity index (χ0v) is 14.7. The van der Waals surface area contributed by atoms with E-state index in [1.807, 2.05) is 0 Å². The Balaban J connectivity index is 2.28. The van der Waals surface area contributed by atoms with E-state index in [9.17, 15) is 34.8 Å². The highest BCUT2D eigenvalue weighted by atomic mass is 16.4.